The van der Waals surface area contributed by atoms with Gasteiger partial charge in [-0.2, -0.15) is 0 Å². The van der Waals surface area contributed by atoms with Crippen LogP contribution in [-0.4, -0.2) is 36.2 Å². The number of hydrogen-bond acceptors (Lipinski definition) is 4. The highest BCUT2D eigenvalue weighted by Crippen LogP contribution is 2.10. The van der Waals surface area contributed by atoms with Gasteiger partial charge in [0, 0.05) is 12.2 Å². The van der Waals surface area contributed by atoms with Crippen molar-refractivity contribution >= 4 is 18.3 Å². The highest BCUT2D eigenvalue weighted by Gasteiger charge is 2.12. The van der Waals surface area contributed by atoms with Gasteiger partial charge in [0.1, 0.15) is 0 Å². The maximum absolute atomic E-state index is 8.91. The molecular formula is C9H15BN2O2. The van der Waals surface area contributed by atoms with Crippen molar-refractivity contribution in [3.05, 3.63) is 23.8 Å². The summed E-state index contributed by atoms with van der Waals surface area (Å²) in [6.07, 6.45) is 0. The van der Waals surface area contributed by atoms with E-state index in [4.69, 9.17) is 15.8 Å². The smallest absolute Gasteiger partial charge is 0.423 e. The lowest BCUT2D eigenvalue weighted by Crippen LogP contribution is -2.30. The van der Waals surface area contributed by atoms with Crippen LogP contribution in [0.2, 0.25) is 0 Å². The van der Waals surface area contributed by atoms with Gasteiger partial charge in [0.15, 0.2) is 0 Å². The Morgan fingerprint density at radius 2 is 2.00 bits per heavy atom. The molecule has 1 aromatic carbocycles. The van der Waals surface area contributed by atoms with Crippen molar-refractivity contribution in [2.24, 2.45) is 0 Å². The highest BCUT2D eigenvalue weighted by atomic mass is 16.4. The molecule has 0 amide bonds. The number of rotatable bonds is 3. The SMILES string of the molecule is CN(C)Cc1ccc(B(O)O)cc1N. The van der Waals surface area contributed by atoms with Gasteiger partial charge in [-0.05, 0) is 31.2 Å². The first-order chi connectivity index (χ1) is 6.50. The van der Waals surface area contributed by atoms with Gasteiger partial charge in [-0.1, -0.05) is 12.1 Å². The summed E-state index contributed by atoms with van der Waals surface area (Å²) >= 11 is 0. The van der Waals surface area contributed by atoms with Crippen LogP contribution in [0, 0.1) is 0 Å². The number of nitrogens with zero attached hydrogens (tertiary/aromatic N) is 1. The number of anilines is 1. The summed E-state index contributed by atoms with van der Waals surface area (Å²) in [4.78, 5) is 2.00. The molecular weight excluding hydrogens is 179 g/mol. The number of hydrogen-bond donors (Lipinski definition) is 3. The fraction of sp³-hybridized carbons (Fsp3) is 0.333. The van der Waals surface area contributed by atoms with Crippen LogP contribution in [0.15, 0.2) is 18.2 Å². The quantitative estimate of drug-likeness (QED) is 0.426. The van der Waals surface area contributed by atoms with E-state index in [1.165, 1.54) is 0 Å². The van der Waals surface area contributed by atoms with Crippen LogP contribution >= 0.6 is 0 Å². The second-order valence-corrected chi connectivity index (χ2v) is 3.57. The average molecular weight is 194 g/mol. The molecule has 0 radical (unpaired) electrons. The zero-order valence-electron chi connectivity index (χ0n) is 8.44. The van der Waals surface area contributed by atoms with Crippen molar-refractivity contribution in [3.63, 3.8) is 0 Å². The lowest BCUT2D eigenvalue weighted by molar-refractivity contribution is 0.403. The van der Waals surface area contributed by atoms with Crippen LogP contribution in [-0.2, 0) is 6.54 Å². The Bertz CT molecular complexity index is 316. The molecule has 76 valence electrons. The predicted octanol–water partition coefficient (Wildman–Crippen LogP) is -0.990. The van der Waals surface area contributed by atoms with E-state index in [2.05, 4.69) is 0 Å². The third-order valence-corrected chi connectivity index (χ3v) is 1.95. The molecule has 4 nitrogen and oxygen atoms in total. The van der Waals surface area contributed by atoms with Gasteiger partial charge in [0.05, 0.1) is 0 Å². The topological polar surface area (TPSA) is 69.7 Å². The molecule has 0 saturated heterocycles. The van der Waals surface area contributed by atoms with Crippen molar-refractivity contribution in [3.8, 4) is 0 Å². The van der Waals surface area contributed by atoms with Gasteiger partial charge < -0.3 is 20.7 Å². The largest absolute Gasteiger partial charge is 0.488 e. The molecule has 4 N–H and O–H groups in total. The second-order valence-electron chi connectivity index (χ2n) is 3.57. The Morgan fingerprint density at radius 3 is 2.43 bits per heavy atom. The molecule has 5 heteroatoms. The Morgan fingerprint density at radius 1 is 1.36 bits per heavy atom. The molecule has 0 unspecified atom stereocenters. The van der Waals surface area contributed by atoms with E-state index in [1.54, 1.807) is 12.1 Å². The van der Waals surface area contributed by atoms with Gasteiger partial charge in [-0.15, -0.1) is 0 Å². The van der Waals surface area contributed by atoms with E-state index in [9.17, 15) is 0 Å². The summed E-state index contributed by atoms with van der Waals surface area (Å²) in [6.45, 7) is 0.744. The minimum atomic E-state index is -1.45. The van der Waals surface area contributed by atoms with Crippen molar-refractivity contribution in [2.75, 3.05) is 19.8 Å². The summed E-state index contributed by atoms with van der Waals surface area (Å²) < 4.78 is 0. The summed E-state index contributed by atoms with van der Waals surface area (Å²) in [5, 5.41) is 17.8. The Labute approximate surface area is 84.1 Å². The maximum Gasteiger partial charge on any atom is 0.488 e. The van der Waals surface area contributed by atoms with Crippen LogP contribution in [0.3, 0.4) is 0 Å². The van der Waals surface area contributed by atoms with Crippen molar-refractivity contribution < 1.29 is 10.0 Å². The van der Waals surface area contributed by atoms with Crippen molar-refractivity contribution in [1.29, 1.82) is 0 Å². The Balaban J connectivity index is 2.90. The highest BCUT2D eigenvalue weighted by molar-refractivity contribution is 6.58. The lowest BCUT2D eigenvalue weighted by atomic mass is 9.79. The fourth-order valence-corrected chi connectivity index (χ4v) is 1.26. The average Bonchev–Trinajstić information content (AvgIpc) is 2.07. The van der Waals surface area contributed by atoms with Crippen LogP contribution < -0.4 is 11.2 Å². The van der Waals surface area contributed by atoms with Crippen LogP contribution in [0.1, 0.15) is 5.56 Å². The molecule has 0 aliphatic rings. The summed E-state index contributed by atoms with van der Waals surface area (Å²) in [6, 6.07) is 5.06. The monoisotopic (exact) mass is 194 g/mol. The number of benzene rings is 1. The maximum atomic E-state index is 8.91. The van der Waals surface area contributed by atoms with Gasteiger partial charge in [-0.3, -0.25) is 0 Å². The second kappa shape index (κ2) is 4.46. The molecule has 0 aromatic heterocycles. The third kappa shape index (κ3) is 2.73. The van der Waals surface area contributed by atoms with Crippen molar-refractivity contribution in [1.82, 2.24) is 4.90 Å². The van der Waals surface area contributed by atoms with Gasteiger partial charge in [0.2, 0.25) is 0 Å². The predicted molar refractivity (Wildman–Crippen MR) is 58.1 cm³/mol. The van der Waals surface area contributed by atoms with Gasteiger partial charge in [0.25, 0.3) is 0 Å². The third-order valence-electron chi connectivity index (χ3n) is 1.95. The Hall–Kier alpha value is -1.04. The molecule has 1 rings (SSSR count). The summed E-state index contributed by atoms with van der Waals surface area (Å²) in [5.41, 5.74) is 7.75. The van der Waals surface area contributed by atoms with E-state index >= 15 is 0 Å². The molecule has 0 atom stereocenters. The molecule has 1 aromatic rings. The molecule has 0 spiro atoms. The van der Waals surface area contributed by atoms with E-state index in [0.29, 0.717) is 11.2 Å². The number of nitrogen functional groups attached to an aromatic ring is 1. The standard InChI is InChI=1S/C9H15BN2O2/c1-12(2)6-7-3-4-8(10(13)14)5-9(7)11/h3-5,13-14H,6,11H2,1-2H3. The van der Waals surface area contributed by atoms with E-state index in [1.807, 2.05) is 25.1 Å². The molecule has 0 bridgehead atoms. The molecule has 14 heavy (non-hydrogen) atoms. The first kappa shape index (κ1) is 11.0. The number of nitrogens with two attached hydrogens (primary N) is 1. The van der Waals surface area contributed by atoms with E-state index in [-0.39, 0.29) is 0 Å². The first-order valence-corrected chi connectivity index (χ1v) is 4.40. The first-order valence-electron chi connectivity index (χ1n) is 4.40. The van der Waals surface area contributed by atoms with Crippen LogP contribution in [0.5, 0.6) is 0 Å². The minimum Gasteiger partial charge on any atom is -0.423 e. The zero-order chi connectivity index (χ0) is 10.7. The lowest BCUT2D eigenvalue weighted by Gasteiger charge is -2.12. The van der Waals surface area contributed by atoms with Gasteiger partial charge >= 0.3 is 7.12 Å². The molecule has 0 aliphatic carbocycles. The molecule has 0 aliphatic heterocycles. The van der Waals surface area contributed by atoms with Crippen molar-refractivity contribution in [2.45, 2.75) is 6.54 Å². The zero-order valence-corrected chi connectivity index (χ0v) is 8.44. The normalized spacial score (nSPS) is 10.6. The molecule has 0 saturated carbocycles. The van der Waals surface area contributed by atoms with E-state index < -0.39 is 7.12 Å². The summed E-state index contributed by atoms with van der Waals surface area (Å²) in [7, 11) is 2.45. The summed E-state index contributed by atoms with van der Waals surface area (Å²) in [5.74, 6) is 0. The van der Waals surface area contributed by atoms with Gasteiger partial charge in [-0.25, -0.2) is 0 Å². The minimum absolute atomic E-state index is 0.421. The van der Waals surface area contributed by atoms with Crippen LogP contribution in [0.25, 0.3) is 0 Å². The molecule has 0 fully saturated rings. The van der Waals surface area contributed by atoms with Crippen LogP contribution in [0.4, 0.5) is 5.69 Å². The Kier molecular flexibility index (Phi) is 3.52. The molecule has 0 heterocycles. The fourth-order valence-electron chi connectivity index (χ4n) is 1.26. The van der Waals surface area contributed by atoms with E-state index in [0.717, 1.165) is 12.1 Å².